The number of nitrogens with one attached hydrogen (secondary N) is 4. The largest absolute Gasteiger partial charge is 0.416 e. The van der Waals surface area contributed by atoms with E-state index in [4.69, 9.17) is 5.41 Å². The monoisotopic (exact) mass is 608 g/mol. The fourth-order valence-electron chi connectivity index (χ4n) is 4.28. The maximum Gasteiger partial charge on any atom is 0.416 e. The summed E-state index contributed by atoms with van der Waals surface area (Å²) in [6, 6.07) is 5.58. The molecule has 1 atom stereocenters. The highest BCUT2D eigenvalue weighted by Crippen LogP contribution is 2.34. The van der Waals surface area contributed by atoms with Gasteiger partial charge in [0.2, 0.25) is 0 Å². The molecule has 234 valence electrons. The molecule has 4 rings (SSSR count). The van der Waals surface area contributed by atoms with Gasteiger partial charge in [0.1, 0.15) is 11.5 Å². The van der Waals surface area contributed by atoms with Crippen LogP contribution in [-0.4, -0.2) is 82.7 Å². The van der Waals surface area contributed by atoms with E-state index in [0.717, 1.165) is 31.9 Å². The number of pyridine rings is 1. The molecule has 1 aromatic carbocycles. The quantitative estimate of drug-likeness (QED) is 0.214. The van der Waals surface area contributed by atoms with E-state index in [9.17, 15) is 18.0 Å². The van der Waals surface area contributed by atoms with Crippen molar-refractivity contribution >= 4 is 23.9 Å². The van der Waals surface area contributed by atoms with Gasteiger partial charge in [-0.1, -0.05) is 25.8 Å². The lowest BCUT2D eigenvalue weighted by Crippen LogP contribution is -2.48. The highest BCUT2D eigenvalue weighted by molar-refractivity contribution is 6.04. The van der Waals surface area contributed by atoms with Crippen LogP contribution in [0.5, 0.6) is 0 Å². The zero-order valence-electron chi connectivity index (χ0n) is 25.4. The molecule has 12 heteroatoms. The summed E-state index contributed by atoms with van der Waals surface area (Å²) in [5.41, 5.74) is 0.565. The van der Waals surface area contributed by atoms with E-state index in [0.29, 0.717) is 30.2 Å². The molecule has 2 aromatic heterocycles. The number of H-pyrrole nitrogens is 1. The first kappa shape index (κ1) is 34.2. The Labute approximate surface area is 256 Å². The van der Waals surface area contributed by atoms with Gasteiger partial charge < -0.3 is 25.9 Å². The van der Waals surface area contributed by atoms with Crippen LogP contribution in [0, 0.1) is 17.3 Å². The molecule has 44 heavy (non-hydrogen) atoms. The van der Waals surface area contributed by atoms with Crippen LogP contribution >= 0.6 is 0 Å². The molecule has 0 bridgehead atoms. The molecule has 4 N–H and O–H groups in total. The number of imidazole rings is 1. The van der Waals surface area contributed by atoms with Gasteiger partial charge in [0.15, 0.2) is 0 Å². The van der Waals surface area contributed by atoms with Crippen LogP contribution in [0.25, 0.3) is 6.08 Å². The molecule has 0 saturated carbocycles. The molecule has 0 spiro atoms. The molecule has 0 radical (unpaired) electrons. The molecule has 3 aromatic rings. The second-order valence-corrected chi connectivity index (χ2v) is 10.3. The van der Waals surface area contributed by atoms with E-state index in [1.165, 1.54) is 42.9 Å². The molecular weight excluding hydrogens is 569 g/mol. The number of alkyl halides is 3. The number of aromatic amines is 1. The van der Waals surface area contributed by atoms with Crippen LogP contribution in [0.4, 0.5) is 18.9 Å². The van der Waals surface area contributed by atoms with Crippen molar-refractivity contribution in [2.75, 3.05) is 45.1 Å². The smallest absolute Gasteiger partial charge is 0.332 e. The molecule has 1 unspecified atom stereocenters. The van der Waals surface area contributed by atoms with Gasteiger partial charge >= 0.3 is 6.18 Å². The molecule has 1 saturated heterocycles. The summed E-state index contributed by atoms with van der Waals surface area (Å²) in [6.07, 6.45) is 4.03. The van der Waals surface area contributed by atoms with E-state index in [-0.39, 0.29) is 29.4 Å². The van der Waals surface area contributed by atoms with Gasteiger partial charge in [-0.15, -0.1) is 0 Å². The standard InChI is InChI=1S/C27H26F3N7O.C5H13N/c1-18-16-37(10-9-33-18)17-20-5-7-22(12-24(20)27(28,29)30)36-26(38)21-11-19(13-32-14-21)4-6-23-15-34-25(35-23)3-2-8-31;1-4-6(3)5-2/h2-3,5,7-8,11-15,18,31,33H,9-10,16-17H2,1H3,(H,34,35)(H,36,38);4-5H2,1-3H3/b3-2-,31-8?;. The number of anilines is 1. The molecule has 9 nitrogen and oxygen atoms in total. The Hall–Kier alpha value is -4.31. The van der Waals surface area contributed by atoms with Crippen molar-refractivity contribution in [2.45, 2.75) is 39.5 Å². The number of hydrogen-bond acceptors (Lipinski definition) is 7. The van der Waals surface area contributed by atoms with Crippen molar-refractivity contribution in [2.24, 2.45) is 0 Å². The fourth-order valence-corrected chi connectivity index (χ4v) is 4.28. The van der Waals surface area contributed by atoms with Crippen molar-refractivity contribution in [1.82, 2.24) is 30.1 Å². The van der Waals surface area contributed by atoms with E-state index >= 15 is 0 Å². The van der Waals surface area contributed by atoms with Crippen molar-refractivity contribution < 1.29 is 18.0 Å². The second-order valence-electron chi connectivity index (χ2n) is 10.3. The number of piperazine rings is 1. The van der Waals surface area contributed by atoms with Crippen LogP contribution < -0.4 is 10.6 Å². The van der Waals surface area contributed by atoms with Crippen LogP contribution in [-0.2, 0) is 12.7 Å². The Morgan fingerprint density at radius 3 is 2.64 bits per heavy atom. The summed E-state index contributed by atoms with van der Waals surface area (Å²) < 4.78 is 41.6. The Balaban J connectivity index is 0.000000801. The molecule has 3 heterocycles. The number of halogens is 3. The number of benzene rings is 1. The lowest BCUT2D eigenvalue weighted by Gasteiger charge is -2.32. The van der Waals surface area contributed by atoms with Gasteiger partial charge in [-0.25, -0.2) is 4.98 Å². The number of amides is 1. The SMILES string of the molecule is CC1CN(Cc2ccc(NC(=O)c3cncc(C#Cc4cnc(/C=C\C=N)[nH]4)c3)cc2C(F)(F)F)CCN1.CCN(C)CC. The van der Waals surface area contributed by atoms with E-state index in [2.05, 4.69) is 63.2 Å². The first-order chi connectivity index (χ1) is 21.0. The zero-order chi connectivity index (χ0) is 32.1. The maximum absolute atomic E-state index is 13.9. The van der Waals surface area contributed by atoms with Gasteiger partial charge in [0.05, 0.1) is 17.3 Å². The van der Waals surface area contributed by atoms with Crippen LogP contribution in [0.2, 0.25) is 0 Å². The summed E-state index contributed by atoms with van der Waals surface area (Å²) in [5, 5.41) is 12.8. The minimum Gasteiger partial charge on any atom is -0.332 e. The average Bonchev–Trinajstić information content (AvgIpc) is 3.47. The number of allylic oxidation sites excluding steroid dienone is 1. The molecule has 1 aliphatic rings. The van der Waals surface area contributed by atoms with Gasteiger partial charge in [-0.2, -0.15) is 13.2 Å². The van der Waals surface area contributed by atoms with E-state index < -0.39 is 17.6 Å². The van der Waals surface area contributed by atoms with Gasteiger partial charge in [-0.05, 0) is 68.9 Å². The minimum absolute atomic E-state index is 0.0409. The molecule has 1 amide bonds. The lowest BCUT2D eigenvalue weighted by molar-refractivity contribution is -0.138. The second kappa shape index (κ2) is 16.5. The highest BCUT2D eigenvalue weighted by atomic mass is 19.4. The Morgan fingerprint density at radius 2 is 1.98 bits per heavy atom. The predicted octanol–water partition coefficient (Wildman–Crippen LogP) is 4.89. The Bertz CT molecular complexity index is 1480. The van der Waals surface area contributed by atoms with Gasteiger partial charge in [0.25, 0.3) is 5.91 Å². The number of aromatic nitrogens is 3. The Kier molecular flexibility index (Phi) is 12.8. The third-order valence-electron chi connectivity index (χ3n) is 6.89. The molecular formula is C32H39F3N8O. The summed E-state index contributed by atoms with van der Waals surface area (Å²) in [4.78, 5) is 28.1. The van der Waals surface area contributed by atoms with Crippen LogP contribution in [0.15, 0.2) is 48.9 Å². The van der Waals surface area contributed by atoms with Crippen molar-refractivity contribution in [1.29, 1.82) is 5.41 Å². The third kappa shape index (κ3) is 10.8. The predicted molar refractivity (Wildman–Crippen MR) is 168 cm³/mol. The normalized spacial score (nSPS) is 15.3. The van der Waals surface area contributed by atoms with Crippen molar-refractivity contribution in [3.05, 3.63) is 82.7 Å². The molecule has 1 fully saturated rings. The average molecular weight is 609 g/mol. The molecule has 0 aliphatic carbocycles. The number of rotatable bonds is 8. The third-order valence-corrected chi connectivity index (χ3v) is 6.89. The summed E-state index contributed by atoms with van der Waals surface area (Å²) in [6.45, 7) is 10.9. The van der Waals surface area contributed by atoms with E-state index in [1.807, 2.05) is 11.8 Å². The first-order valence-corrected chi connectivity index (χ1v) is 14.4. The van der Waals surface area contributed by atoms with Gasteiger partial charge in [-0.3, -0.25) is 14.7 Å². The lowest BCUT2D eigenvalue weighted by atomic mass is 10.0. The Morgan fingerprint density at radius 1 is 1.20 bits per heavy atom. The molecule has 1 aliphatic heterocycles. The van der Waals surface area contributed by atoms with Gasteiger partial charge in [0, 0.05) is 62.1 Å². The maximum atomic E-state index is 13.9. The van der Waals surface area contributed by atoms with Crippen molar-refractivity contribution in [3.63, 3.8) is 0 Å². The summed E-state index contributed by atoms with van der Waals surface area (Å²) in [5.74, 6) is 5.69. The first-order valence-electron chi connectivity index (χ1n) is 14.4. The minimum atomic E-state index is -4.56. The summed E-state index contributed by atoms with van der Waals surface area (Å²) >= 11 is 0. The van der Waals surface area contributed by atoms with E-state index in [1.54, 1.807) is 6.08 Å². The van der Waals surface area contributed by atoms with Crippen LogP contribution in [0.3, 0.4) is 0 Å². The van der Waals surface area contributed by atoms with Crippen molar-refractivity contribution in [3.8, 4) is 11.8 Å². The fraction of sp³-hybridized carbons (Fsp3) is 0.375. The number of nitrogens with zero attached hydrogens (tertiary/aromatic N) is 4. The van der Waals surface area contributed by atoms with Crippen LogP contribution in [0.1, 0.15) is 59.3 Å². The number of carbonyl (C=O) groups is 1. The number of carbonyl (C=O) groups excluding carboxylic acids is 1. The summed E-state index contributed by atoms with van der Waals surface area (Å²) in [7, 11) is 2.11. The number of hydrogen-bond donors (Lipinski definition) is 4. The highest BCUT2D eigenvalue weighted by Gasteiger charge is 2.34. The zero-order valence-corrected chi connectivity index (χ0v) is 25.4. The topological polar surface area (TPSA) is 113 Å².